The monoisotopic (exact) mass is 394 g/mol. The summed E-state index contributed by atoms with van der Waals surface area (Å²) < 4.78 is 0. The zero-order valence-electron chi connectivity index (χ0n) is 16.8. The molecular weight excluding hydrogens is 368 g/mol. The summed E-state index contributed by atoms with van der Waals surface area (Å²) in [5.74, 6) is 0.111. The second-order valence-electron chi connectivity index (χ2n) is 6.98. The van der Waals surface area contributed by atoms with Crippen LogP contribution >= 0.6 is 11.8 Å². The van der Waals surface area contributed by atoms with Gasteiger partial charge in [-0.3, -0.25) is 9.69 Å². The quantitative estimate of drug-likeness (QED) is 0.542. The molecule has 0 aromatic heterocycles. The smallest absolute Gasteiger partial charge is 0.242 e. The largest absolute Gasteiger partial charge is 0.378 e. The van der Waals surface area contributed by atoms with E-state index in [4.69, 9.17) is 0 Å². The highest BCUT2D eigenvalue weighted by atomic mass is 32.2. The summed E-state index contributed by atoms with van der Waals surface area (Å²) in [6.45, 7) is 4.62. The summed E-state index contributed by atoms with van der Waals surface area (Å²) in [5.41, 5.74) is 4.41. The maximum atomic E-state index is 12.8. The number of hydrogen-bond donors (Lipinski definition) is 0. The second kappa shape index (κ2) is 9.06. The highest BCUT2D eigenvalue weighted by Gasteiger charge is 2.37. The average Bonchev–Trinajstić information content (AvgIpc) is 2.99. The van der Waals surface area contributed by atoms with E-state index in [1.807, 2.05) is 57.4 Å². The molecule has 0 aliphatic carbocycles. The van der Waals surface area contributed by atoms with Crippen LogP contribution in [-0.4, -0.2) is 41.5 Å². The van der Waals surface area contributed by atoms with E-state index in [2.05, 4.69) is 34.2 Å². The molecule has 2 aromatic carbocycles. The molecule has 1 saturated heterocycles. The van der Waals surface area contributed by atoms with Gasteiger partial charge >= 0.3 is 0 Å². The van der Waals surface area contributed by atoms with Crippen molar-refractivity contribution in [2.75, 3.05) is 19.0 Å². The molecule has 146 valence electrons. The number of hydrogen-bond acceptors (Lipinski definition) is 5. The molecule has 1 atom stereocenters. The summed E-state index contributed by atoms with van der Waals surface area (Å²) in [6.07, 6.45) is 2.51. The van der Waals surface area contributed by atoms with Crippen LogP contribution in [0.1, 0.15) is 30.0 Å². The molecule has 0 saturated carbocycles. The number of aryl methyl sites for hydroxylation is 1. The number of amidine groups is 1. The Hall–Kier alpha value is -2.60. The van der Waals surface area contributed by atoms with E-state index in [-0.39, 0.29) is 11.2 Å². The normalized spacial score (nSPS) is 18.4. The van der Waals surface area contributed by atoms with Gasteiger partial charge in [-0.25, -0.2) is 0 Å². The first-order valence-corrected chi connectivity index (χ1v) is 10.3. The number of rotatable bonds is 6. The molecule has 1 aliphatic rings. The van der Waals surface area contributed by atoms with Gasteiger partial charge in [0.05, 0.1) is 18.0 Å². The molecule has 1 amide bonds. The Bertz CT molecular complexity index is 890. The fraction of sp³-hybridized carbons (Fsp3) is 0.318. The van der Waals surface area contributed by atoms with Gasteiger partial charge in [0.15, 0.2) is 5.17 Å². The number of thioether (sulfide) groups is 1. The molecule has 2 aromatic rings. The van der Waals surface area contributed by atoms with E-state index in [1.165, 1.54) is 17.3 Å². The van der Waals surface area contributed by atoms with Gasteiger partial charge in [-0.05, 0) is 42.2 Å². The molecule has 6 heteroatoms. The second-order valence-corrected chi connectivity index (χ2v) is 8.15. The topological polar surface area (TPSA) is 48.3 Å². The highest BCUT2D eigenvalue weighted by molar-refractivity contribution is 8.15. The Balaban J connectivity index is 1.78. The van der Waals surface area contributed by atoms with Gasteiger partial charge in [-0.1, -0.05) is 55.1 Å². The maximum absolute atomic E-state index is 12.8. The Morgan fingerprint density at radius 3 is 2.50 bits per heavy atom. The van der Waals surface area contributed by atoms with E-state index in [9.17, 15) is 4.79 Å². The van der Waals surface area contributed by atoms with Crippen LogP contribution in [0.4, 0.5) is 5.69 Å². The lowest BCUT2D eigenvalue weighted by Gasteiger charge is -2.17. The summed E-state index contributed by atoms with van der Waals surface area (Å²) in [5, 5.41) is 9.21. The minimum Gasteiger partial charge on any atom is -0.378 e. The Morgan fingerprint density at radius 1 is 1.14 bits per heavy atom. The van der Waals surface area contributed by atoms with Crippen LogP contribution in [0.5, 0.6) is 0 Å². The number of carbonyl (C=O) groups is 1. The van der Waals surface area contributed by atoms with Crippen molar-refractivity contribution in [3.8, 4) is 0 Å². The third-order valence-electron chi connectivity index (χ3n) is 4.74. The lowest BCUT2D eigenvalue weighted by molar-refractivity contribution is -0.126. The van der Waals surface area contributed by atoms with E-state index >= 15 is 0 Å². The van der Waals surface area contributed by atoms with Crippen molar-refractivity contribution in [2.45, 2.75) is 32.1 Å². The zero-order valence-corrected chi connectivity index (χ0v) is 17.6. The molecule has 5 nitrogen and oxygen atoms in total. The van der Waals surface area contributed by atoms with E-state index in [1.54, 1.807) is 11.1 Å². The van der Waals surface area contributed by atoms with Gasteiger partial charge in [0, 0.05) is 19.8 Å². The molecule has 1 aliphatic heterocycles. The van der Waals surface area contributed by atoms with Gasteiger partial charge in [-0.2, -0.15) is 5.10 Å². The zero-order chi connectivity index (χ0) is 20.1. The summed E-state index contributed by atoms with van der Waals surface area (Å²) >= 11 is 1.50. The predicted molar refractivity (Wildman–Crippen MR) is 119 cm³/mol. The average molecular weight is 395 g/mol. The van der Waals surface area contributed by atoms with Crippen LogP contribution in [0.25, 0.3) is 0 Å². The van der Waals surface area contributed by atoms with Gasteiger partial charge in [-0.15, -0.1) is 5.10 Å². The standard InChI is InChI=1S/C22H26N4OS/c1-5-20-21(27)26(15-18-9-7-6-8-16(18)2)22(28-20)24-23-14-17-10-12-19(13-11-17)25(3)4/h6-14,20H,5,15H2,1-4H3/b23-14-,24-22-/t20-/m0/s1. The molecule has 28 heavy (non-hydrogen) atoms. The van der Waals surface area contributed by atoms with Gasteiger partial charge in [0.25, 0.3) is 0 Å². The van der Waals surface area contributed by atoms with Crippen molar-refractivity contribution >= 4 is 34.7 Å². The Labute approximate surface area is 171 Å². The number of amides is 1. The van der Waals surface area contributed by atoms with Crippen LogP contribution in [0.3, 0.4) is 0 Å². The van der Waals surface area contributed by atoms with Crippen LogP contribution < -0.4 is 4.90 Å². The van der Waals surface area contributed by atoms with E-state index < -0.39 is 0 Å². The van der Waals surface area contributed by atoms with Crippen LogP contribution in [0.2, 0.25) is 0 Å². The third-order valence-corrected chi connectivity index (χ3v) is 6.07. The Kier molecular flexibility index (Phi) is 6.52. The summed E-state index contributed by atoms with van der Waals surface area (Å²) in [4.78, 5) is 16.6. The maximum Gasteiger partial charge on any atom is 0.242 e. The SMILES string of the molecule is CC[C@@H]1S/C(=N\N=C/c2ccc(N(C)C)cc2)N(Cc2ccccc2C)C1=O. The van der Waals surface area contributed by atoms with Crippen LogP contribution in [0, 0.1) is 6.92 Å². The summed E-state index contributed by atoms with van der Waals surface area (Å²) in [6, 6.07) is 16.2. The fourth-order valence-electron chi connectivity index (χ4n) is 2.95. The Morgan fingerprint density at radius 2 is 1.86 bits per heavy atom. The first kappa shape index (κ1) is 20.1. The van der Waals surface area contributed by atoms with Crippen molar-refractivity contribution in [3.63, 3.8) is 0 Å². The minimum absolute atomic E-state index is 0.0858. The molecule has 0 N–H and O–H groups in total. The van der Waals surface area contributed by atoms with Crippen molar-refractivity contribution in [3.05, 3.63) is 65.2 Å². The first-order valence-electron chi connectivity index (χ1n) is 9.40. The molecular formula is C22H26N4OS. The predicted octanol–water partition coefficient (Wildman–Crippen LogP) is 4.31. The first-order chi connectivity index (χ1) is 13.5. The molecule has 1 fully saturated rings. The lowest BCUT2D eigenvalue weighted by atomic mass is 10.1. The molecule has 3 rings (SSSR count). The number of anilines is 1. The molecule has 0 unspecified atom stereocenters. The van der Waals surface area contributed by atoms with Crippen molar-refractivity contribution in [1.29, 1.82) is 0 Å². The molecule has 0 spiro atoms. The van der Waals surface area contributed by atoms with Crippen molar-refractivity contribution in [2.24, 2.45) is 10.2 Å². The third kappa shape index (κ3) is 4.62. The fourth-order valence-corrected chi connectivity index (χ4v) is 3.98. The molecule has 0 radical (unpaired) electrons. The van der Waals surface area contributed by atoms with Crippen molar-refractivity contribution in [1.82, 2.24) is 4.90 Å². The lowest BCUT2D eigenvalue weighted by Crippen LogP contribution is -2.31. The van der Waals surface area contributed by atoms with E-state index in [0.717, 1.165) is 23.2 Å². The van der Waals surface area contributed by atoms with E-state index in [0.29, 0.717) is 11.7 Å². The molecule has 0 bridgehead atoms. The van der Waals surface area contributed by atoms with Gasteiger partial charge < -0.3 is 4.90 Å². The van der Waals surface area contributed by atoms with Gasteiger partial charge in [0.2, 0.25) is 5.91 Å². The van der Waals surface area contributed by atoms with Crippen LogP contribution in [-0.2, 0) is 11.3 Å². The number of carbonyl (C=O) groups excluding carboxylic acids is 1. The highest BCUT2D eigenvalue weighted by Crippen LogP contribution is 2.31. The van der Waals surface area contributed by atoms with Crippen molar-refractivity contribution < 1.29 is 4.79 Å². The minimum atomic E-state index is -0.0858. The summed E-state index contributed by atoms with van der Waals surface area (Å²) in [7, 11) is 4.02. The molecule has 1 heterocycles. The number of nitrogens with zero attached hydrogens (tertiary/aromatic N) is 4. The number of benzene rings is 2. The van der Waals surface area contributed by atoms with Gasteiger partial charge in [0.1, 0.15) is 0 Å². The van der Waals surface area contributed by atoms with Crippen LogP contribution in [0.15, 0.2) is 58.7 Å².